The van der Waals surface area contributed by atoms with Crippen molar-refractivity contribution in [1.82, 2.24) is 0 Å². The number of carbonyl (C=O) groups excluding carboxylic acids is 1. The highest BCUT2D eigenvalue weighted by molar-refractivity contribution is 14.1. The van der Waals surface area contributed by atoms with Gasteiger partial charge in [0.2, 0.25) is 0 Å². The van der Waals surface area contributed by atoms with Crippen LogP contribution in [-0.4, -0.2) is 5.78 Å². The maximum atomic E-state index is 13.0. The highest BCUT2D eigenvalue weighted by Gasteiger charge is 2.17. The molecule has 0 amide bonds. The summed E-state index contributed by atoms with van der Waals surface area (Å²) >= 11 is 2.46. The van der Waals surface area contributed by atoms with E-state index in [0.717, 1.165) is 29.5 Å². The van der Waals surface area contributed by atoms with Gasteiger partial charge in [-0.15, -0.1) is 0 Å². The number of ketones is 1. The summed E-state index contributed by atoms with van der Waals surface area (Å²) in [5.41, 5.74) is 8.20. The van der Waals surface area contributed by atoms with Gasteiger partial charge in [0, 0.05) is 14.6 Å². The van der Waals surface area contributed by atoms with Crippen LogP contribution >= 0.6 is 22.6 Å². The molecule has 150 valence electrons. The summed E-state index contributed by atoms with van der Waals surface area (Å²) in [7, 11) is 0. The number of Topliss-reactive ketones (excluding diaryl/α,β-unsaturated/α-hetero) is 1. The Hall–Kier alpha value is -2.46. The number of carbonyl (C=O) groups is 1. The topological polar surface area (TPSA) is 17.1 Å². The first-order chi connectivity index (χ1) is 14.3. The van der Waals surface area contributed by atoms with Crippen molar-refractivity contribution in [3.05, 3.63) is 107 Å². The number of alkyl halides is 1. The average molecular weight is 504 g/mol. The smallest absolute Gasteiger partial charge is 0.193 e. The normalized spacial score (nSPS) is 13.0. The lowest BCUT2D eigenvalue weighted by Crippen LogP contribution is -2.06. The van der Waals surface area contributed by atoms with Crippen molar-refractivity contribution < 1.29 is 4.79 Å². The minimum absolute atomic E-state index is 0.0246. The Balaban J connectivity index is 1.56. The molecule has 0 saturated carbocycles. The molecule has 1 aliphatic rings. The second-order valence-electron chi connectivity index (χ2n) is 8.29. The molecule has 0 N–H and O–H groups in total. The van der Waals surface area contributed by atoms with Crippen LogP contribution in [0.2, 0.25) is 0 Å². The minimum atomic E-state index is -0.0246. The Morgan fingerprint density at radius 1 is 0.933 bits per heavy atom. The van der Waals surface area contributed by atoms with Crippen molar-refractivity contribution in [3.8, 4) is 11.1 Å². The number of hydrogen-bond donors (Lipinski definition) is 0. The van der Waals surface area contributed by atoms with Gasteiger partial charge < -0.3 is 0 Å². The molecular formula is C28H25IO. The first-order valence-corrected chi connectivity index (χ1v) is 11.3. The Morgan fingerprint density at radius 2 is 1.67 bits per heavy atom. The lowest BCUT2D eigenvalue weighted by Gasteiger charge is -2.18. The van der Waals surface area contributed by atoms with E-state index in [-0.39, 0.29) is 9.20 Å². The fourth-order valence-corrected chi connectivity index (χ4v) is 4.14. The van der Waals surface area contributed by atoms with E-state index in [0.29, 0.717) is 11.1 Å². The van der Waals surface area contributed by atoms with Crippen LogP contribution in [0.5, 0.6) is 0 Å². The molecule has 0 unspecified atom stereocenters. The molecule has 3 aromatic carbocycles. The van der Waals surface area contributed by atoms with Crippen LogP contribution in [0.1, 0.15) is 52.9 Å². The number of halogens is 1. The molecule has 0 atom stereocenters. The number of fused-ring (bicyclic) bond motifs is 1. The summed E-state index contributed by atoms with van der Waals surface area (Å²) in [5.74, 6) is -0.0246. The second-order valence-corrected chi connectivity index (χ2v) is 11.0. The molecule has 1 nitrogen and oxygen atoms in total. The standard InChI is InChI=1S/C28H25IO/c1-19(23-16-13-20-7-4-5-8-24(20)17-23)27(30)22-14-11-21(12-15-22)25-9-6-10-26(18-25)28(2,3)29/h5-6,8-18H,1,4,7H2,2-3H3. The zero-order valence-electron chi connectivity index (χ0n) is 17.4. The third-order valence-electron chi connectivity index (χ3n) is 5.68. The monoisotopic (exact) mass is 504 g/mol. The number of rotatable bonds is 5. The third kappa shape index (κ3) is 4.34. The van der Waals surface area contributed by atoms with Crippen molar-refractivity contribution in [1.29, 1.82) is 0 Å². The first kappa shape index (κ1) is 20.8. The van der Waals surface area contributed by atoms with E-state index < -0.39 is 0 Å². The summed E-state index contributed by atoms with van der Waals surface area (Å²) in [6.45, 7) is 8.50. The van der Waals surface area contributed by atoms with Gasteiger partial charge in [0.25, 0.3) is 0 Å². The molecule has 0 bridgehead atoms. The van der Waals surface area contributed by atoms with E-state index in [9.17, 15) is 4.79 Å². The number of benzene rings is 3. The van der Waals surface area contributed by atoms with E-state index in [4.69, 9.17) is 0 Å². The lowest BCUT2D eigenvalue weighted by molar-refractivity contribution is 0.105. The van der Waals surface area contributed by atoms with Crippen LogP contribution in [0.25, 0.3) is 22.8 Å². The number of allylic oxidation sites excluding steroid dienone is 2. The van der Waals surface area contributed by atoms with Gasteiger partial charge in [0.1, 0.15) is 0 Å². The fourth-order valence-electron chi connectivity index (χ4n) is 3.80. The van der Waals surface area contributed by atoms with E-state index in [2.05, 4.69) is 91.6 Å². The lowest BCUT2D eigenvalue weighted by atomic mass is 9.91. The van der Waals surface area contributed by atoms with Crippen molar-refractivity contribution in [2.24, 2.45) is 0 Å². The molecule has 1 aliphatic carbocycles. The molecule has 0 fully saturated rings. The Labute approximate surface area is 192 Å². The van der Waals surface area contributed by atoms with Gasteiger partial charge in [-0.3, -0.25) is 4.79 Å². The molecule has 0 spiro atoms. The predicted octanol–water partition coefficient (Wildman–Crippen LogP) is 7.88. The predicted molar refractivity (Wildman–Crippen MR) is 136 cm³/mol. The third-order valence-corrected chi connectivity index (χ3v) is 6.30. The van der Waals surface area contributed by atoms with Gasteiger partial charge >= 0.3 is 0 Å². The molecule has 0 saturated heterocycles. The van der Waals surface area contributed by atoms with Crippen LogP contribution in [-0.2, 0) is 9.84 Å². The summed E-state index contributed by atoms with van der Waals surface area (Å²) in [5, 5.41) is 0. The molecule has 0 radical (unpaired) electrons. The quantitative estimate of drug-likeness (QED) is 0.150. The van der Waals surface area contributed by atoms with E-state index in [1.54, 1.807) is 0 Å². The minimum Gasteiger partial charge on any atom is -0.289 e. The molecule has 0 heterocycles. The molecule has 0 aromatic heterocycles. The van der Waals surface area contributed by atoms with Crippen molar-refractivity contribution in [3.63, 3.8) is 0 Å². The van der Waals surface area contributed by atoms with Crippen molar-refractivity contribution in [2.45, 2.75) is 30.1 Å². The van der Waals surface area contributed by atoms with Crippen LogP contribution in [0.4, 0.5) is 0 Å². The van der Waals surface area contributed by atoms with E-state index in [1.165, 1.54) is 16.7 Å². The molecule has 4 rings (SSSR count). The Bertz CT molecular complexity index is 1140. The number of hydrogen-bond acceptors (Lipinski definition) is 1. The van der Waals surface area contributed by atoms with Crippen LogP contribution < -0.4 is 0 Å². The van der Waals surface area contributed by atoms with Crippen molar-refractivity contribution >= 4 is 40.0 Å². The van der Waals surface area contributed by atoms with Gasteiger partial charge in [-0.05, 0) is 72.2 Å². The van der Waals surface area contributed by atoms with Gasteiger partial charge in [-0.2, -0.15) is 0 Å². The largest absolute Gasteiger partial charge is 0.289 e. The number of aryl methyl sites for hydroxylation is 1. The van der Waals surface area contributed by atoms with Crippen LogP contribution in [0.3, 0.4) is 0 Å². The molecule has 0 aliphatic heterocycles. The Morgan fingerprint density at radius 3 is 2.40 bits per heavy atom. The summed E-state index contributed by atoms with van der Waals surface area (Å²) in [6.07, 6.45) is 6.46. The molecule has 30 heavy (non-hydrogen) atoms. The SMILES string of the molecule is C=C(C(=O)c1ccc(-c2cccc(C(C)(C)I)c2)cc1)c1ccc2c(c1)C=CCC2. The summed E-state index contributed by atoms with van der Waals surface area (Å²) in [6, 6.07) is 22.7. The average Bonchev–Trinajstić information content (AvgIpc) is 2.77. The molecule has 3 aromatic rings. The first-order valence-electron chi connectivity index (χ1n) is 10.3. The molecular weight excluding hydrogens is 479 g/mol. The van der Waals surface area contributed by atoms with Gasteiger partial charge in [0.15, 0.2) is 5.78 Å². The van der Waals surface area contributed by atoms with Gasteiger partial charge in [-0.1, -0.05) is 95.9 Å². The van der Waals surface area contributed by atoms with Gasteiger partial charge in [0.05, 0.1) is 0 Å². The Kier molecular flexibility index (Phi) is 5.79. The fraction of sp³-hybridized carbons (Fsp3) is 0.179. The van der Waals surface area contributed by atoms with E-state index >= 15 is 0 Å². The highest BCUT2D eigenvalue weighted by atomic mass is 127. The molecule has 2 heteroatoms. The van der Waals surface area contributed by atoms with Crippen molar-refractivity contribution in [2.75, 3.05) is 0 Å². The zero-order valence-corrected chi connectivity index (χ0v) is 19.6. The van der Waals surface area contributed by atoms with E-state index in [1.807, 2.05) is 30.3 Å². The summed E-state index contributed by atoms with van der Waals surface area (Å²) < 4.78 is 0.0749. The van der Waals surface area contributed by atoms with Crippen LogP contribution in [0.15, 0.2) is 79.4 Å². The van der Waals surface area contributed by atoms with Gasteiger partial charge in [-0.25, -0.2) is 0 Å². The van der Waals surface area contributed by atoms with Crippen LogP contribution in [0, 0.1) is 0 Å². The second kappa shape index (κ2) is 8.35. The summed E-state index contributed by atoms with van der Waals surface area (Å²) in [4.78, 5) is 13.0. The maximum absolute atomic E-state index is 13.0. The maximum Gasteiger partial charge on any atom is 0.193 e. The highest BCUT2D eigenvalue weighted by Crippen LogP contribution is 2.33. The zero-order chi connectivity index (χ0) is 21.3.